The molecule has 2 N–H and O–H groups in total. The molecule has 0 aromatic carbocycles. The molecule has 3 heteroatoms. The lowest BCUT2D eigenvalue weighted by Crippen LogP contribution is -2.36. The van der Waals surface area contributed by atoms with Crippen LogP contribution >= 0.6 is 0 Å². The summed E-state index contributed by atoms with van der Waals surface area (Å²) in [6.07, 6.45) is 5.78. The van der Waals surface area contributed by atoms with Crippen LogP contribution in [0.4, 0.5) is 0 Å². The van der Waals surface area contributed by atoms with Gasteiger partial charge in [-0.15, -0.1) is 0 Å². The minimum absolute atomic E-state index is 0.210. The Morgan fingerprint density at radius 2 is 2.08 bits per heavy atom. The summed E-state index contributed by atoms with van der Waals surface area (Å²) in [6.45, 7) is 2.34. The first kappa shape index (κ1) is 9.44. The maximum Gasteiger partial charge on any atom is 0.168 e. The van der Waals surface area contributed by atoms with Crippen LogP contribution < -0.4 is 5.73 Å². The standard InChI is InChI=1S/C10H19NO2/c11-5-3-9-2-1-4-10(8-9)12-6-7-13-10/h9H,1-8,11H2/t9-/m1/s1. The zero-order valence-corrected chi connectivity index (χ0v) is 8.13. The Morgan fingerprint density at radius 3 is 2.77 bits per heavy atom. The van der Waals surface area contributed by atoms with Crippen molar-refractivity contribution in [2.45, 2.75) is 37.9 Å². The SMILES string of the molecule is NCC[C@H]1CCCC2(C1)OCCO2. The summed E-state index contributed by atoms with van der Waals surface area (Å²) in [5.74, 6) is 0.509. The second-order valence-corrected chi connectivity index (χ2v) is 4.15. The van der Waals surface area contributed by atoms with Gasteiger partial charge in [-0.2, -0.15) is 0 Å². The average molecular weight is 185 g/mol. The topological polar surface area (TPSA) is 44.5 Å². The normalized spacial score (nSPS) is 32.5. The molecule has 1 saturated heterocycles. The van der Waals surface area contributed by atoms with Gasteiger partial charge in [-0.25, -0.2) is 0 Å². The number of nitrogens with two attached hydrogens (primary N) is 1. The van der Waals surface area contributed by atoms with Gasteiger partial charge in [0.1, 0.15) is 0 Å². The van der Waals surface area contributed by atoms with Gasteiger partial charge in [-0.3, -0.25) is 0 Å². The molecule has 0 aromatic heterocycles. The van der Waals surface area contributed by atoms with Gasteiger partial charge in [0.05, 0.1) is 13.2 Å². The van der Waals surface area contributed by atoms with Gasteiger partial charge >= 0.3 is 0 Å². The van der Waals surface area contributed by atoms with Crippen LogP contribution in [0.25, 0.3) is 0 Å². The van der Waals surface area contributed by atoms with Gasteiger partial charge in [0.15, 0.2) is 5.79 Å². The molecule has 13 heavy (non-hydrogen) atoms. The number of hydrogen-bond acceptors (Lipinski definition) is 3. The maximum atomic E-state index is 5.69. The van der Waals surface area contributed by atoms with Crippen LogP contribution in [0.15, 0.2) is 0 Å². The molecule has 0 amide bonds. The molecule has 1 spiro atoms. The molecule has 2 aliphatic rings. The fourth-order valence-corrected chi connectivity index (χ4v) is 2.55. The highest BCUT2D eigenvalue weighted by Gasteiger charge is 2.40. The van der Waals surface area contributed by atoms with E-state index in [1.165, 1.54) is 12.8 Å². The third-order valence-electron chi connectivity index (χ3n) is 3.16. The molecular formula is C10H19NO2. The number of rotatable bonds is 2. The lowest BCUT2D eigenvalue weighted by Gasteiger charge is -2.36. The Labute approximate surface area is 79.6 Å². The molecule has 1 saturated carbocycles. The van der Waals surface area contributed by atoms with E-state index >= 15 is 0 Å². The first-order chi connectivity index (χ1) is 6.35. The van der Waals surface area contributed by atoms with Gasteiger partial charge in [-0.1, -0.05) is 6.42 Å². The lowest BCUT2D eigenvalue weighted by molar-refractivity contribution is -0.187. The molecule has 0 aromatic rings. The van der Waals surface area contributed by atoms with E-state index in [4.69, 9.17) is 15.2 Å². The predicted molar refractivity (Wildman–Crippen MR) is 50.3 cm³/mol. The highest BCUT2D eigenvalue weighted by molar-refractivity contribution is 4.83. The van der Waals surface area contributed by atoms with Gasteiger partial charge in [0, 0.05) is 12.8 Å². The smallest absolute Gasteiger partial charge is 0.168 e. The fraction of sp³-hybridized carbons (Fsp3) is 1.00. The molecular weight excluding hydrogens is 166 g/mol. The summed E-state index contributed by atoms with van der Waals surface area (Å²) >= 11 is 0. The Bertz CT molecular complexity index is 164. The van der Waals surface area contributed by atoms with Gasteiger partial charge in [0.25, 0.3) is 0 Å². The van der Waals surface area contributed by atoms with Crippen molar-refractivity contribution in [3.8, 4) is 0 Å². The van der Waals surface area contributed by atoms with Crippen molar-refractivity contribution in [3.05, 3.63) is 0 Å². The average Bonchev–Trinajstić information content (AvgIpc) is 2.54. The van der Waals surface area contributed by atoms with Crippen molar-refractivity contribution in [2.75, 3.05) is 19.8 Å². The van der Waals surface area contributed by atoms with Crippen LogP contribution in [0, 0.1) is 5.92 Å². The molecule has 1 atom stereocenters. The highest BCUT2D eigenvalue weighted by Crippen LogP contribution is 2.39. The van der Waals surface area contributed by atoms with Gasteiger partial charge in [-0.05, 0) is 25.3 Å². The third-order valence-corrected chi connectivity index (χ3v) is 3.16. The van der Waals surface area contributed by atoms with Crippen LogP contribution in [0.3, 0.4) is 0 Å². The zero-order chi connectivity index (χ0) is 9.15. The summed E-state index contributed by atoms with van der Waals surface area (Å²) in [6, 6.07) is 0. The van der Waals surface area contributed by atoms with Crippen LogP contribution in [-0.4, -0.2) is 25.5 Å². The highest BCUT2D eigenvalue weighted by atomic mass is 16.7. The lowest BCUT2D eigenvalue weighted by atomic mass is 9.83. The Balaban J connectivity index is 1.90. The second kappa shape index (κ2) is 3.95. The predicted octanol–water partition coefficient (Wildman–Crippen LogP) is 1.27. The summed E-state index contributed by atoms with van der Waals surface area (Å²) in [5.41, 5.74) is 5.56. The van der Waals surface area contributed by atoms with E-state index in [9.17, 15) is 0 Å². The van der Waals surface area contributed by atoms with E-state index in [0.717, 1.165) is 44.9 Å². The van der Waals surface area contributed by atoms with Crippen molar-refractivity contribution in [3.63, 3.8) is 0 Å². The monoisotopic (exact) mass is 185 g/mol. The van der Waals surface area contributed by atoms with E-state index in [2.05, 4.69) is 0 Å². The molecule has 76 valence electrons. The molecule has 2 rings (SSSR count). The molecule has 3 nitrogen and oxygen atoms in total. The first-order valence-electron chi connectivity index (χ1n) is 5.33. The first-order valence-corrected chi connectivity index (χ1v) is 5.33. The summed E-state index contributed by atoms with van der Waals surface area (Å²) < 4.78 is 11.4. The molecule has 2 fully saturated rings. The maximum absolute atomic E-state index is 5.69. The zero-order valence-electron chi connectivity index (χ0n) is 8.13. The van der Waals surface area contributed by atoms with E-state index in [0.29, 0.717) is 0 Å². The van der Waals surface area contributed by atoms with Crippen molar-refractivity contribution in [1.29, 1.82) is 0 Å². The van der Waals surface area contributed by atoms with Crippen LogP contribution in [0.2, 0.25) is 0 Å². The van der Waals surface area contributed by atoms with E-state index < -0.39 is 0 Å². The largest absolute Gasteiger partial charge is 0.348 e. The van der Waals surface area contributed by atoms with Crippen molar-refractivity contribution in [1.82, 2.24) is 0 Å². The Morgan fingerprint density at radius 1 is 1.31 bits per heavy atom. The Kier molecular flexibility index (Phi) is 2.86. The molecule has 1 aliphatic heterocycles. The van der Waals surface area contributed by atoms with Crippen molar-refractivity contribution in [2.24, 2.45) is 11.7 Å². The summed E-state index contributed by atoms with van der Waals surface area (Å²) in [4.78, 5) is 0. The Hall–Kier alpha value is -0.120. The van der Waals surface area contributed by atoms with Crippen LogP contribution in [0.5, 0.6) is 0 Å². The van der Waals surface area contributed by atoms with Gasteiger partial charge < -0.3 is 15.2 Å². The summed E-state index contributed by atoms with van der Waals surface area (Å²) in [7, 11) is 0. The molecule has 1 heterocycles. The number of ether oxygens (including phenoxy) is 2. The third kappa shape index (κ3) is 2.03. The van der Waals surface area contributed by atoms with Crippen molar-refractivity contribution >= 4 is 0 Å². The second-order valence-electron chi connectivity index (χ2n) is 4.15. The van der Waals surface area contributed by atoms with Gasteiger partial charge in [0.2, 0.25) is 0 Å². The van der Waals surface area contributed by atoms with Crippen molar-refractivity contribution < 1.29 is 9.47 Å². The molecule has 0 unspecified atom stereocenters. The fourth-order valence-electron chi connectivity index (χ4n) is 2.55. The van der Waals surface area contributed by atoms with Crippen LogP contribution in [-0.2, 0) is 9.47 Å². The van der Waals surface area contributed by atoms with E-state index in [-0.39, 0.29) is 5.79 Å². The number of hydrogen-bond donors (Lipinski definition) is 1. The summed E-state index contributed by atoms with van der Waals surface area (Å²) in [5, 5.41) is 0. The quantitative estimate of drug-likeness (QED) is 0.704. The van der Waals surface area contributed by atoms with E-state index in [1.54, 1.807) is 0 Å². The van der Waals surface area contributed by atoms with E-state index in [1.807, 2.05) is 0 Å². The molecule has 0 bridgehead atoms. The molecule has 1 aliphatic carbocycles. The minimum atomic E-state index is -0.210. The van der Waals surface area contributed by atoms with Crippen LogP contribution in [0.1, 0.15) is 32.1 Å². The molecule has 0 radical (unpaired) electrons. The minimum Gasteiger partial charge on any atom is -0.348 e.